The highest BCUT2D eigenvalue weighted by atomic mass is 35.5. The van der Waals surface area contributed by atoms with Gasteiger partial charge in [0.25, 0.3) is 0 Å². The number of sulfone groups is 1. The largest absolute Gasteiger partial charge is 0.229 e. The van der Waals surface area contributed by atoms with Crippen molar-refractivity contribution in [1.29, 1.82) is 0 Å². The third-order valence-electron chi connectivity index (χ3n) is 3.94. The fraction of sp³-hybridized carbons (Fsp3) is 1.00. The van der Waals surface area contributed by atoms with Gasteiger partial charge in [-0.2, -0.15) is 0 Å². The minimum absolute atomic E-state index is 0.0342. The van der Waals surface area contributed by atoms with E-state index in [2.05, 4.69) is 4.72 Å². The summed E-state index contributed by atoms with van der Waals surface area (Å²) in [6, 6.07) is -0.209. The molecule has 1 N–H and O–H groups in total. The van der Waals surface area contributed by atoms with Crippen molar-refractivity contribution in [1.82, 2.24) is 4.72 Å². The lowest BCUT2D eigenvalue weighted by molar-refractivity contribution is 0.415. The standard InChI is InChI=1S/C11H20ClNO4S2/c12-10-3-1-2-4-11(10)13-19(16,17)9-5-7-18(14,15)8-6-9/h9-11,13H,1-8H2. The monoisotopic (exact) mass is 329 g/mol. The number of sulfonamides is 1. The normalized spacial score (nSPS) is 33.1. The number of hydrogen-bond donors (Lipinski definition) is 1. The van der Waals surface area contributed by atoms with Crippen LogP contribution in [0.25, 0.3) is 0 Å². The average molecular weight is 330 g/mol. The molecular formula is C11H20ClNO4S2. The summed E-state index contributed by atoms with van der Waals surface area (Å²) in [6.07, 6.45) is 3.99. The van der Waals surface area contributed by atoms with Crippen LogP contribution >= 0.6 is 11.6 Å². The molecule has 1 aliphatic heterocycles. The topological polar surface area (TPSA) is 80.3 Å². The van der Waals surface area contributed by atoms with Crippen LogP contribution in [0.15, 0.2) is 0 Å². The molecule has 0 aromatic carbocycles. The summed E-state index contributed by atoms with van der Waals surface area (Å²) >= 11 is 6.15. The second-order valence-electron chi connectivity index (χ2n) is 5.42. The SMILES string of the molecule is O=S1(=O)CCC(S(=O)(=O)NC2CCCCC2Cl)CC1. The fourth-order valence-electron chi connectivity index (χ4n) is 2.70. The summed E-state index contributed by atoms with van der Waals surface area (Å²) in [5, 5.41) is -0.752. The zero-order chi connectivity index (χ0) is 14.1. The summed E-state index contributed by atoms with van der Waals surface area (Å²) in [7, 11) is -6.50. The van der Waals surface area contributed by atoms with Crippen LogP contribution < -0.4 is 4.72 Å². The lowest BCUT2D eigenvalue weighted by atomic mass is 9.96. The van der Waals surface area contributed by atoms with E-state index in [1.807, 2.05) is 0 Å². The number of rotatable bonds is 3. The van der Waals surface area contributed by atoms with Gasteiger partial charge in [0, 0.05) is 11.4 Å². The minimum Gasteiger partial charge on any atom is -0.229 e. The fourth-order valence-corrected chi connectivity index (χ4v) is 6.66. The van der Waals surface area contributed by atoms with E-state index >= 15 is 0 Å². The molecule has 19 heavy (non-hydrogen) atoms. The molecule has 112 valence electrons. The second-order valence-corrected chi connectivity index (χ2v) is 10.3. The summed E-state index contributed by atoms with van der Waals surface area (Å²) in [5.41, 5.74) is 0. The first-order chi connectivity index (χ1) is 8.80. The van der Waals surface area contributed by atoms with Gasteiger partial charge in [0.05, 0.1) is 16.8 Å². The molecule has 0 bridgehead atoms. The van der Waals surface area contributed by atoms with Crippen molar-refractivity contribution in [3.05, 3.63) is 0 Å². The molecule has 2 aliphatic rings. The molecule has 0 amide bonds. The molecule has 0 aromatic heterocycles. The van der Waals surface area contributed by atoms with Gasteiger partial charge in [0.1, 0.15) is 9.84 Å². The predicted molar refractivity (Wildman–Crippen MR) is 75.6 cm³/mol. The lowest BCUT2D eigenvalue weighted by Crippen LogP contribution is -2.48. The number of nitrogens with one attached hydrogen (secondary N) is 1. The maximum absolute atomic E-state index is 12.2. The van der Waals surface area contributed by atoms with Gasteiger partial charge in [0.2, 0.25) is 10.0 Å². The molecule has 5 nitrogen and oxygen atoms in total. The van der Waals surface area contributed by atoms with Crippen LogP contribution in [0, 0.1) is 0 Å². The smallest absolute Gasteiger partial charge is 0.214 e. The molecule has 0 aromatic rings. The van der Waals surface area contributed by atoms with Gasteiger partial charge in [-0.15, -0.1) is 11.6 Å². The third-order valence-corrected chi connectivity index (χ3v) is 8.16. The molecule has 1 heterocycles. The molecule has 8 heteroatoms. The Bertz CT molecular complexity index is 503. The van der Waals surface area contributed by atoms with Crippen LogP contribution in [0.3, 0.4) is 0 Å². The highest BCUT2D eigenvalue weighted by Gasteiger charge is 2.35. The maximum atomic E-state index is 12.2. The van der Waals surface area contributed by atoms with Crippen LogP contribution in [-0.2, 0) is 19.9 Å². The van der Waals surface area contributed by atoms with Crippen LogP contribution in [0.2, 0.25) is 0 Å². The van der Waals surface area contributed by atoms with Gasteiger partial charge in [-0.3, -0.25) is 0 Å². The average Bonchev–Trinajstić information content (AvgIpc) is 2.31. The highest BCUT2D eigenvalue weighted by molar-refractivity contribution is 7.92. The van der Waals surface area contributed by atoms with Gasteiger partial charge in [0.15, 0.2) is 0 Å². The Kier molecular flexibility index (Phi) is 4.80. The Hall–Kier alpha value is 0.150. The van der Waals surface area contributed by atoms with Crippen molar-refractivity contribution in [2.45, 2.75) is 55.2 Å². The van der Waals surface area contributed by atoms with Crippen molar-refractivity contribution in [3.63, 3.8) is 0 Å². The van der Waals surface area contributed by atoms with E-state index in [1.165, 1.54) is 0 Å². The summed E-state index contributed by atoms with van der Waals surface area (Å²) in [4.78, 5) is 0. The van der Waals surface area contributed by atoms with Crippen molar-refractivity contribution in [2.24, 2.45) is 0 Å². The summed E-state index contributed by atoms with van der Waals surface area (Å²) in [5.74, 6) is -0.0684. The highest BCUT2D eigenvalue weighted by Crippen LogP contribution is 2.25. The summed E-state index contributed by atoms with van der Waals surface area (Å²) in [6.45, 7) is 0. The Balaban J connectivity index is 1.98. The van der Waals surface area contributed by atoms with Gasteiger partial charge in [-0.1, -0.05) is 12.8 Å². The molecule has 2 atom stereocenters. The Morgan fingerprint density at radius 2 is 1.58 bits per heavy atom. The molecule has 1 saturated carbocycles. The Labute approximate surface area is 120 Å². The van der Waals surface area contributed by atoms with Gasteiger partial charge < -0.3 is 0 Å². The molecule has 0 radical (unpaired) electrons. The van der Waals surface area contributed by atoms with Crippen LogP contribution in [-0.4, -0.2) is 45.0 Å². The van der Waals surface area contributed by atoms with Crippen molar-refractivity contribution in [3.8, 4) is 0 Å². The Morgan fingerprint density at radius 3 is 2.16 bits per heavy atom. The van der Waals surface area contributed by atoms with Gasteiger partial charge >= 0.3 is 0 Å². The first kappa shape index (κ1) is 15.5. The van der Waals surface area contributed by atoms with E-state index in [9.17, 15) is 16.8 Å². The number of halogens is 1. The first-order valence-electron chi connectivity index (χ1n) is 6.66. The van der Waals surface area contributed by atoms with E-state index in [1.54, 1.807) is 0 Å². The van der Waals surface area contributed by atoms with E-state index in [-0.39, 0.29) is 35.8 Å². The summed E-state index contributed by atoms with van der Waals surface area (Å²) < 4.78 is 49.8. The molecule has 2 unspecified atom stereocenters. The van der Waals surface area contributed by atoms with Gasteiger partial charge in [-0.05, 0) is 25.7 Å². The van der Waals surface area contributed by atoms with Crippen LogP contribution in [0.5, 0.6) is 0 Å². The van der Waals surface area contributed by atoms with Gasteiger partial charge in [-0.25, -0.2) is 21.6 Å². The maximum Gasteiger partial charge on any atom is 0.214 e. The zero-order valence-corrected chi connectivity index (χ0v) is 13.1. The second kappa shape index (κ2) is 5.87. The van der Waals surface area contributed by atoms with E-state index in [0.29, 0.717) is 0 Å². The molecule has 0 spiro atoms. The first-order valence-corrected chi connectivity index (χ1v) is 10.5. The lowest BCUT2D eigenvalue weighted by Gasteiger charge is -2.30. The number of hydrogen-bond acceptors (Lipinski definition) is 4. The quantitative estimate of drug-likeness (QED) is 0.784. The van der Waals surface area contributed by atoms with Crippen LogP contribution in [0.4, 0.5) is 0 Å². The minimum atomic E-state index is -3.46. The van der Waals surface area contributed by atoms with E-state index in [0.717, 1.165) is 25.7 Å². The van der Waals surface area contributed by atoms with Crippen molar-refractivity contribution in [2.75, 3.05) is 11.5 Å². The zero-order valence-electron chi connectivity index (χ0n) is 10.7. The van der Waals surface area contributed by atoms with E-state index in [4.69, 9.17) is 11.6 Å². The molecular weight excluding hydrogens is 310 g/mol. The van der Waals surface area contributed by atoms with E-state index < -0.39 is 25.1 Å². The van der Waals surface area contributed by atoms with Crippen LogP contribution in [0.1, 0.15) is 38.5 Å². The molecule has 2 fully saturated rings. The predicted octanol–water partition coefficient (Wildman–Crippen LogP) is 1.03. The van der Waals surface area contributed by atoms with Crippen molar-refractivity contribution < 1.29 is 16.8 Å². The third kappa shape index (κ3) is 4.06. The molecule has 1 saturated heterocycles. The Morgan fingerprint density at radius 1 is 1.00 bits per heavy atom. The van der Waals surface area contributed by atoms with Crippen molar-refractivity contribution >= 4 is 31.5 Å². The number of alkyl halides is 1. The molecule has 2 rings (SSSR count). The molecule has 1 aliphatic carbocycles.